The zero-order chi connectivity index (χ0) is 15.5. The lowest BCUT2D eigenvalue weighted by molar-refractivity contribution is -0.123. The van der Waals surface area contributed by atoms with Crippen LogP contribution < -0.4 is 0 Å². The zero-order valence-corrected chi connectivity index (χ0v) is 14.4. The van der Waals surface area contributed by atoms with E-state index in [4.69, 9.17) is 12.2 Å². The lowest BCUT2D eigenvalue weighted by Gasteiger charge is -2.29. The molecule has 22 heavy (non-hydrogen) atoms. The zero-order valence-electron chi connectivity index (χ0n) is 12.7. The number of carbonyl (C=O) groups excluding carboxylic acids is 1. The Labute approximate surface area is 141 Å². The van der Waals surface area contributed by atoms with E-state index in [0.29, 0.717) is 11.0 Å². The number of carbonyl (C=O) groups is 1. The Bertz CT molecular complexity index is 621. The van der Waals surface area contributed by atoms with Gasteiger partial charge in [-0.2, -0.15) is 0 Å². The maximum Gasteiger partial charge on any atom is 0.267 e. The van der Waals surface area contributed by atoms with E-state index < -0.39 is 0 Å². The van der Waals surface area contributed by atoms with Gasteiger partial charge in [0.1, 0.15) is 4.32 Å². The Morgan fingerprint density at radius 2 is 1.95 bits per heavy atom. The predicted molar refractivity (Wildman–Crippen MR) is 96.5 cm³/mol. The van der Waals surface area contributed by atoms with Crippen molar-refractivity contribution >= 4 is 40.3 Å². The predicted octanol–water partition coefficient (Wildman–Crippen LogP) is 3.64. The molecule has 0 unspecified atom stereocenters. The van der Waals surface area contributed by atoms with E-state index in [1.165, 1.54) is 36.6 Å². The van der Waals surface area contributed by atoms with Crippen LogP contribution in [-0.2, 0) is 4.79 Å². The molecule has 2 saturated heterocycles. The molecule has 2 aliphatic rings. The van der Waals surface area contributed by atoms with Gasteiger partial charge in [0.25, 0.3) is 5.91 Å². The number of rotatable bonds is 3. The molecular formula is C17H20N2OS2. The molecule has 0 spiro atoms. The molecule has 0 bridgehead atoms. The minimum atomic E-state index is 0.0452. The van der Waals surface area contributed by atoms with E-state index in [2.05, 4.69) is 17.9 Å². The molecule has 0 aromatic heterocycles. The Morgan fingerprint density at radius 1 is 1.23 bits per heavy atom. The summed E-state index contributed by atoms with van der Waals surface area (Å²) in [5, 5.41) is 0. The molecule has 1 aromatic carbocycles. The number of benzene rings is 1. The summed E-state index contributed by atoms with van der Waals surface area (Å²) in [6.45, 7) is 4.82. The van der Waals surface area contributed by atoms with Gasteiger partial charge >= 0.3 is 0 Å². The van der Waals surface area contributed by atoms with Crippen molar-refractivity contribution in [1.82, 2.24) is 9.80 Å². The van der Waals surface area contributed by atoms with Crippen LogP contribution in [0.4, 0.5) is 0 Å². The Balaban J connectivity index is 1.75. The first-order valence-corrected chi connectivity index (χ1v) is 8.91. The van der Waals surface area contributed by atoms with Gasteiger partial charge in [-0.15, -0.1) is 0 Å². The van der Waals surface area contributed by atoms with Crippen LogP contribution in [-0.4, -0.2) is 39.8 Å². The Morgan fingerprint density at radius 3 is 2.68 bits per heavy atom. The number of thioether (sulfide) groups is 1. The molecule has 0 radical (unpaired) electrons. The van der Waals surface area contributed by atoms with Crippen molar-refractivity contribution in [3.63, 3.8) is 0 Å². The Hall–Kier alpha value is -1.17. The number of hydrogen-bond donors (Lipinski definition) is 0. The molecule has 3 rings (SSSR count). The topological polar surface area (TPSA) is 23.6 Å². The smallest absolute Gasteiger partial charge is 0.267 e. The first-order chi connectivity index (χ1) is 10.6. The van der Waals surface area contributed by atoms with E-state index in [1.807, 2.05) is 24.3 Å². The Kier molecular flexibility index (Phi) is 4.96. The molecule has 5 heteroatoms. The molecular weight excluding hydrogens is 312 g/mol. The summed E-state index contributed by atoms with van der Waals surface area (Å²) in [6, 6.07) is 8.09. The molecule has 1 aromatic rings. The van der Waals surface area contributed by atoms with Crippen LogP contribution in [0.5, 0.6) is 0 Å². The first kappa shape index (κ1) is 15.7. The summed E-state index contributed by atoms with van der Waals surface area (Å²) >= 11 is 6.83. The number of thiocarbonyl (C=S) groups is 1. The lowest BCUT2D eigenvalue weighted by Crippen LogP contribution is -2.42. The van der Waals surface area contributed by atoms with Gasteiger partial charge in [0.05, 0.1) is 11.6 Å². The number of likely N-dealkylation sites (tertiary alicyclic amines) is 1. The van der Waals surface area contributed by atoms with Crippen LogP contribution in [0.25, 0.3) is 6.08 Å². The summed E-state index contributed by atoms with van der Waals surface area (Å²) in [5.41, 5.74) is 2.25. The fourth-order valence-electron chi connectivity index (χ4n) is 2.81. The molecule has 1 amide bonds. The van der Waals surface area contributed by atoms with Gasteiger partial charge in [-0.05, 0) is 50.1 Å². The second-order valence-electron chi connectivity index (χ2n) is 5.79. The van der Waals surface area contributed by atoms with E-state index >= 15 is 0 Å². The highest BCUT2D eigenvalue weighted by Crippen LogP contribution is 2.33. The van der Waals surface area contributed by atoms with Crippen molar-refractivity contribution < 1.29 is 4.79 Å². The molecule has 0 atom stereocenters. The van der Waals surface area contributed by atoms with Crippen LogP contribution in [0.3, 0.4) is 0 Å². The van der Waals surface area contributed by atoms with Crippen molar-refractivity contribution in [3.8, 4) is 0 Å². The van der Waals surface area contributed by atoms with E-state index in [9.17, 15) is 4.79 Å². The third-order valence-electron chi connectivity index (χ3n) is 4.14. The first-order valence-electron chi connectivity index (χ1n) is 7.68. The summed E-state index contributed by atoms with van der Waals surface area (Å²) < 4.78 is 0.676. The largest absolute Gasteiger partial charge is 0.286 e. The number of amides is 1. The minimum Gasteiger partial charge on any atom is -0.286 e. The van der Waals surface area contributed by atoms with Gasteiger partial charge in [-0.3, -0.25) is 14.6 Å². The average Bonchev–Trinajstić information content (AvgIpc) is 2.78. The van der Waals surface area contributed by atoms with Crippen molar-refractivity contribution in [2.75, 3.05) is 19.8 Å². The number of aryl methyl sites for hydroxylation is 1. The molecule has 3 nitrogen and oxygen atoms in total. The molecule has 2 aliphatic heterocycles. The third-order valence-corrected chi connectivity index (χ3v) is 5.52. The van der Waals surface area contributed by atoms with E-state index in [-0.39, 0.29) is 5.91 Å². The second-order valence-corrected chi connectivity index (χ2v) is 7.46. The van der Waals surface area contributed by atoms with Crippen molar-refractivity contribution in [2.45, 2.75) is 26.2 Å². The minimum absolute atomic E-state index is 0.0452. The molecule has 0 N–H and O–H groups in total. The van der Waals surface area contributed by atoms with E-state index in [1.54, 1.807) is 4.90 Å². The van der Waals surface area contributed by atoms with Gasteiger partial charge < -0.3 is 0 Å². The second kappa shape index (κ2) is 6.94. The summed E-state index contributed by atoms with van der Waals surface area (Å²) in [7, 11) is 0. The number of hydrogen-bond acceptors (Lipinski definition) is 4. The lowest BCUT2D eigenvalue weighted by atomic mass is 10.1. The van der Waals surface area contributed by atoms with Crippen LogP contribution >= 0.6 is 24.0 Å². The van der Waals surface area contributed by atoms with Gasteiger partial charge in [-0.1, -0.05) is 54.7 Å². The highest BCUT2D eigenvalue weighted by Gasteiger charge is 2.33. The monoisotopic (exact) mass is 332 g/mol. The quantitative estimate of drug-likeness (QED) is 0.623. The van der Waals surface area contributed by atoms with Crippen LogP contribution in [0, 0.1) is 6.92 Å². The highest BCUT2D eigenvalue weighted by atomic mass is 32.2. The average molecular weight is 332 g/mol. The highest BCUT2D eigenvalue weighted by molar-refractivity contribution is 8.26. The maximum atomic E-state index is 12.6. The standard InChI is InChI=1S/C17H20N2OS2/c1-13-7-3-4-8-14(13)11-15-16(20)19(17(21)22-15)12-18-9-5-2-6-10-18/h3-4,7-8,11H,2,5-6,9-10,12H2,1H3/b15-11+. The fraction of sp³-hybridized carbons (Fsp3) is 0.412. The van der Waals surface area contributed by atoms with Crippen molar-refractivity contribution in [1.29, 1.82) is 0 Å². The van der Waals surface area contributed by atoms with Crippen LogP contribution in [0.1, 0.15) is 30.4 Å². The molecule has 0 aliphatic carbocycles. The molecule has 2 heterocycles. The number of nitrogens with zero attached hydrogens (tertiary/aromatic N) is 2. The summed E-state index contributed by atoms with van der Waals surface area (Å²) in [4.78, 5) is 17.4. The maximum absolute atomic E-state index is 12.6. The third kappa shape index (κ3) is 3.42. The van der Waals surface area contributed by atoms with Crippen LogP contribution in [0.2, 0.25) is 0 Å². The number of piperidine rings is 1. The normalized spacial score (nSPS) is 21.9. The summed E-state index contributed by atoms with van der Waals surface area (Å²) in [6.07, 6.45) is 5.69. The van der Waals surface area contributed by atoms with Gasteiger partial charge in [-0.25, -0.2) is 0 Å². The van der Waals surface area contributed by atoms with Gasteiger partial charge in [0.2, 0.25) is 0 Å². The SMILES string of the molecule is Cc1ccccc1/C=C1/SC(=S)N(CN2CCCCC2)C1=O. The van der Waals surface area contributed by atoms with Gasteiger partial charge in [0.15, 0.2) is 0 Å². The van der Waals surface area contributed by atoms with Crippen molar-refractivity contribution in [2.24, 2.45) is 0 Å². The molecule has 2 fully saturated rings. The summed E-state index contributed by atoms with van der Waals surface area (Å²) in [5.74, 6) is 0.0452. The fourth-order valence-corrected chi connectivity index (χ4v) is 4.05. The molecule has 116 valence electrons. The van der Waals surface area contributed by atoms with Crippen molar-refractivity contribution in [3.05, 3.63) is 40.3 Å². The molecule has 0 saturated carbocycles. The van der Waals surface area contributed by atoms with E-state index in [0.717, 1.165) is 23.6 Å². The van der Waals surface area contributed by atoms with Gasteiger partial charge in [0, 0.05) is 0 Å². The van der Waals surface area contributed by atoms with Crippen LogP contribution in [0.15, 0.2) is 29.2 Å².